The summed E-state index contributed by atoms with van der Waals surface area (Å²) in [6.07, 6.45) is 3.89. The first-order chi connectivity index (χ1) is 2.39. The predicted octanol–water partition coefficient (Wildman–Crippen LogP) is 1.13. The number of rotatable bonds is 0. The van der Waals surface area contributed by atoms with E-state index < -0.39 is 0 Å². The summed E-state index contributed by atoms with van der Waals surface area (Å²) in [6, 6.07) is 0. The van der Waals surface area contributed by atoms with E-state index in [9.17, 15) is 0 Å². The minimum Gasteiger partial charge on any atom is -0.0774 e. The molecule has 26 valence electrons. The maximum absolute atomic E-state index is 5.38. The molecule has 0 N–H and O–H groups in total. The van der Waals surface area contributed by atoms with Crippen LogP contribution in [0.15, 0.2) is 0 Å². The summed E-state index contributed by atoms with van der Waals surface area (Å²) < 4.78 is 0. The average Bonchev–Trinajstić information content (AvgIpc) is 1.30. The van der Waals surface area contributed by atoms with Gasteiger partial charge in [0.1, 0.15) is 0 Å². The molecule has 1 rings (SSSR count). The van der Waals surface area contributed by atoms with Gasteiger partial charge in [0.2, 0.25) is 0 Å². The Labute approximate surface area is 34.0 Å². The van der Waals surface area contributed by atoms with Crippen LogP contribution in [0, 0.1) is 0 Å². The van der Waals surface area contributed by atoms with E-state index in [1.807, 2.05) is 0 Å². The van der Waals surface area contributed by atoms with E-state index in [1.165, 1.54) is 19.3 Å². The first-order valence-corrected chi connectivity index (χ1v) is 2.15. The van der Waals surface area contributed by atoms with E-state index in [1.54, 1.807) is 0 Å². The third-order valence-corrected chi connectivity index (χ3v) is 1.15. The minimum atomic E-state index is 0.565. The van der Waals surface area contributed by atoms with Gasteiger partial charge in [0.25, 0.3) is 0 Å². The lowest BCUT2D eigenvalue weighted by atomic mass is 9.71. The highest BCUT2D eigenvalue weighted by Crippen LogP contribution is 2.27. The summed E-state index contributed by atoms with van der Waals surface area (Å²) in [7, 11) is 5.38. The number of hydrogen-bond acceptors (Lipinski definition) is 0. The number of hydrogen-bond donors (Lipinski definition) is 0. The van der Waals surface area contributed by atoms with Crippen molar-refractivity contribution in [2.24, 2.45) is 0 Å². The van der Waals surface area contributed by atoms with E-state index in [4.69, 9.17) is 7.85 Å². The van der Waals surface area contributed by atoms with E-state index >= 15 is 0 Å². The fourth-order valence-electron chi connectivity index (χ4n) is 0.440. The van der Waals surface area contributed by atoms with Crippen LogP contribution in [0.3, 0.4) is 0 Å². The van der Waals surface area contributed by atoms with Gasteiger partial charge in [0.15, 0.2) is 0 Å². The highest BCUT2D eigenvalue weighted by atomic mass is 14.1. The van der Waals surface area contributed by atoms with Crippen molar-refractivity contribution < 1.29 is 0 Å². The first kappa shape index (κ1) is 3.26. The van der Waals surface area contributed by atoms with Gasteiger partial charge >= 0.3 is 0 Å². The standard InChI is InChI=1S/C4H7B/c5-4-2-1-3-4/h4H,1-3H2. The van der Waals surface area contributed by atoms with E-state index in [0.29, 0.717) is 5.82 Å². The third kappa shape index (κ3) is 0.471. The fraction of sp³-hybridized carbons (Fsp3) is 1.00. The largest absolute Gasteiger partial charge is 0.0774 e. The van der Waals surface area contributed by atoms with Crippen molar-refractivity contribution in [2.45, 2.75) is 25.1 Å². The second kappa shape index (κ2) is 1.04. The Balaban J connectivity index is 2.08. The lowest BCUT2D eigenvalue weighted by molar-refractivity contribution is 0.504. The fourth-order valence-corrected chi connectivity index (χ4v) is 0.440. The smallest absolute Gasteiger partial charge is 0.0699 e. The summed E-state index contributed by atoms with van der Waals surface area (Å²) in [5.41, 5.74) is 0. The molecule has 5 heavy (non-hydrogen) atoms. The molecule has 1 aliphatic carbocycles. The van der Waals surface area contributed by atoms with Crippen molar-refractivity contribution in [3.05, 3.63) is 0 Å². The summed E-state index contributed by atoms with van der Waals surface area (Å²) in [5, 5.41) is 0. The van der Waals surface area contributed by atoms with E-state index in [0.717, 1.165) is 0 Å². The van der Waals surface area contributed by atoms with Crippen molar-refractivity contribution in [3.63, 3.8) is 0 Å². The second-order valence-corrected chi connectivity index (χ2v) is 1.69. The molecule has 2 radical (unpaired) electrons. The van der Waals surface area contributed by atoms with Crippen LogP contribution in [0.5, 0.6) is 0 Å². The van der Waals surface area contributed by atoms with Gasteiger partial charge in [-0.3, -0.25) is 0 Å². The average molecular weight is 65.9 g/mol. The van der Waals surface area contributed by atoms with Crippen LogP contribution in [-0.2, 0) is 0 Å². The maximum atomic E-state index is 5.38. The molecule has 0 spiro atoms. The molecule has 1 aliphatic rings. The Bertz CT molecular complexity index is 30.6. The van der Waals surface area contributed by atoms with E-state index in [-0.39, 0.29) is 0 Å². The molecule has 0 aliphatic heterocycles. The van der Waals surface area contributed by atoms with E-state index in [2.05, 4.69) is 0 Å². The van der Waals surface area contributed by atoms with Crippen LogP contribution < -0.4 is 0 Å². The van der Waals surface area contributed by atoms with Gasteiger partial charge in [0.05, 0.1) is 7.85 Å². The van der Waals surface area contributed by atoms with Crippen LogP contribution in [0.25, 0.3) is 0 Å². The van der Waals surface area contributed by atoms with Crippen molar-refractivity contribution in [1.82, 2.24) is 0 Å². The van der Waals surface area contributed by atoms with Crippen molar-refractivity contribution in [1.29, 1.82) is 0 Å². The SMILES string of the molecule is [B]C1CCC1. The molecule has 0 saturated heterocycles. The van der Waals surface area contributed by atoms with Gasteiger partial charge in [-0.2, -0.15) is 0 Å². The lowest BCUT2D eigenvalue weighted by Gasteiger charge is -2.19. The summed E-state index contributed by atoms with van der Waals surface area (Å²) in [4.78, 5) is 0. The Kier molecular flexibility index (Phi) is 0.677. The molecule has 1 saturated carbocycles. The third-order valence-electron chi connectivity index (χ3n) is 1.15. The van der Waals surface area contributed by atoms with Gasteiger partial charge in [-0.1, -0.05) is 25.1 Å². The van der Waals surface area contributed by atoms with Crippen molar-refractivity contribution >= 4 is 7.85 Å². The highest BCUT2D eigenvalue weighted by Gasteiger charge is 2.08. The molecule has 0 heterocycles. The lowest BCUT2D eigenvalue weighted by Crippen LogP contribution is -2.02. The van der Waals surface area contributed by atoms with Gasteiger partial charge in [-0.05, 0) is 0 Å². The summed E-state index contributed by atoms with van der Waals surface area (Å²) in [6.45, 7) is 0. The molecule has 0 unspecified atom stereocenters. The molecule has 0 bridgehead atoms. The Hall–Kier alpha value is 0.0649. The minimum absolute atomic E-state index is 0.565. The molecule has 1 heteroatoms. The van der Waals surface area contributed by atoms with Crippen LogP contribution in [0.2, 0.25) is 5.82 Å². The molecule has 0 amide bonds. The molecule has 0 atom stereocenters. The van der Waals surface area contributed by atoms with Crippen LogP contribution in [0.4, 0.5) is 0 Å². The molecule has 1 fully saturated rings. The normalized spacial score (nSPS) is 25.6. The van der Waals surface area contributed by atoms with Gasteiger partial charge < -0.3 is 0 Å². The zero-order chi connectivity index (χ0) is 3.70. The highest BCUT2D eigenvalue weighted by molar-refractivity contribution is 6.12. The molecular weight excluding hydrogens is 58.9 g/mol. The second-order valence-electron chi connectivity index (χ2n) is 1.69. The van der Waals surface area contributed by atoms with Crippen LogP contribution >= 0.6 is 0 Å². The zero-order valence-electron chi connectivity index (χ0n) is 3.28. The van der Waals surface area contributed by atoms with Crippen LogP contribution in [0.1, 0.15) is 19.3 Å². The Morgan fingerprint density at radius 1 is 1.40 bits per heavy atom. The topological polar surface area (TPSA) is 0 Å². The quantitative estimate of drug-likeness (QED) is 0.372. The summed E-state index contributed by atoms with van der Waals surface area (Å²) in [5.74, 6) is 0.565. The van der Waals surface area contributed by atoms with Crippen molar-refractivity contribution in [3.8, 4) is 0 Å². The zero-order valence-corrected chi connectivity index (χ0v) is 3.28. The van der Waals surface area contributed by atoms with Gasteiger partial charge in [0, 0.05) is 0 Å². The molecule has 0 aromatic carbocycles. The van der Waals surface area contributed by atoms with Gasteiger partial charge in [-0.25, -0.2) is 0 Å². The molecule has 0 nitrogen and oxygen atoms in total. The first-order valence-electron chi connectivity index (χ1n) is 2.15. The Morgan fingerprint density at radius 3 is 1.80 bits per heavy atom. The molecular formula is C4H7B. The Morgan fingerprint density at radius 2 is 1.80 bits per heavy atom. The van der Waals surface area contributed by atoms with Gasteiger partial charge in [-0.15, -0.1) is 0 Å². The maximum Gasteiger partial charge on any atom is 0.0699 e. The molecule has 0 aromatic heterocycles. The predicted molar refractivity (Wildman–Crippen MR) is 23.4 cm³/mol. The van der Waals surface area contributed by atoms with Crippen molar-refractivity contribution in [2.75, 3.05) is 0 Å². The van der Waals surface area contributed by atoms with Crippen LogP contribution in [-0.4, -0.2) is 7.85 Å². The molecule has 0 aromatic rings. The summed E-state index contributed by atoms with van der Waals surface area (Å²) >= 11 is 0. The monoisotopic (exact) mass is 66.1 g/mol.